The number of rotatable bonds is 3. The lowest BCUT2D eigenvalue weighted by atomic mass is 10.0. The van der Waals surface area contributed by atoms with Crippen molar-refractivity contribution in [1.82, 2.24) is 4.98 Å². The third kappa shape index (κ3) is 3.08. The molecular formula is C17H17BrN2O2S2. The number of nitrogens with zero attached hydrogens (tertiary/aromatic N) is 1. The maximum atomic E-state index is 12.9. The van der Waals surface area contributed by atoms with Crippen LogP contribution in [0.3, 0.4) is 0 Å². The monoisotopic (exact) mass is 424 g/mol. The average molecular weight is 425 g/mol. The van der Waals surface area contributed by atoms with Crippen LogP contribution in [0.2, 0.25) is 0 Å². The summed E-state index contributed by atoms with van der Waals surface area (Å²) in [4.78, 5) is 4.72. The van der Waals surface area contributed by atoms with Crippen LogP contribution in [0.25, 0.3) is 10.2 Å². The number of aryl methyl sites for hydroxylation is 2. The number of halogens is 1. The smallest absolute Gasteiger partial charge is 0.255 e. The number of aromatic nitrogens is 1. The van der Waals surface area contributed by atoms with Gasteiger partial charge in [-0.05, 0) is 68.1 Å². The number of fused-ring (bicyclic) bond motifs is 1. The standard InChI is InChI=1S/C17H17BrN2O2S2/c1-9-7-10(2)12(4)16(11(9)3)24(21,22)20-17-19-14-6-5-13(18)8-15(14)23-17/h5-8H,1-4H3,(H,19,20). The predicted octanol–water partition coefficient (Wildman–Crippen LogP) is 5.09. The molecule has 0 fully saturated rings. The Morgan fingerprint density at radius 3 is 2.29 bits per heavy atom. The molecule has 126 valence electrons. The number of hydrogen-bond donors (Lipinski definition) is 1. The zero-order chi connectivity index (χ0) is 17.6. The summed E-state index contributed by atoms with van der Waals surface area (Å²) >= 11 is 4.74. The van der Waals surface area contributed by atoms with Crippen LogP contribution in [-0.2, 0) is 10.0 Å². The van der Waals surface area contributed by atoms with Crippen LogP contribution in [-0.4, -0.2) is 13.4 Å². The van der Waals surface area contributed by atoms with Gasteiger partial charge in [-0.15, -0.1) is 0 Å². The third-order valence-corrected chi connectivity index (χ3v) is 7.31. The van der Waals surface area contributed by atoms with Crippen LogP contribution in [0, 0.1) is 27.7 Å². The minimum atomic E-state index is -3.69. The number of sulfonamides is 1. The van der Waals surface area contributed by atoms with Gasteiger partial charge in [0.25, 0.3) is 10.0 Å². The van der Waals surface area contributed by atoms with Crippen molar-refractivity contribution in [1.29, 1.82) is 0 Å². The minimum Gasteiger partial charge on any atom is -0.255 e. The van der Waals surface area contributed by atoms with Crippen LogP contribution in [0.1, 0.15) is 22.3 Å². The van der Waals surface area contributed by atoms with Crippen molar-refractivity contribution in [3.8, 4) is 0 Å². The van der Waals surface area contributed by atoms with Gasteiger partial charge in [-0.1, -0.05) is 33.3 Å². The van der Waals surface area contributed by atoms with Crippen LogP contribution in [0.4, 0.5) is 5.13 Å². The second kappa shape index (κ2) is 6.13. The Labute approximate surface area is 154 Å². The van der Waals surface area contributed by atoms with Gasteiger partial charge in [0.05, 0.1) is 15.1 Å². The van der Waals surface area contributed by atoms with E-state index in [1.54, 1.807) is 0 Å². The number of nitrogens with one attached hydrogen (secondary N) is 1. The summed E-state index contributed by atoms with van der Waals surface area (Å²) in [5.74, 6) is 0. The van der Waals surface area contributed by atoms with E-state index in [9.17, 15) is 8.42 Å². The molecule has 3 rings (SSSR count). The Morgan fingerprint density at radius 2 is 1.67 bits per heavy atom. The highest BCUT2D eigenvalue weighted by Gasteiger charge is 2.23. The molecule has 0 aliphatic rings. The van der Waals surface area contributed by atoms with Gasteiger partial charge in [0, 0.05) is 4.47 Å². The van der Waals surface area contributed by atoms with E-state index >= 15 is 0 Å². The fourth-order valence-electron chi connectivity index (χ4n) is 2.69. The molecular weight excluding hydrogens is 408 g/mol. The van der Waals surface area contributed by atoms with Gasteiger partial charge in [-0.2, -0.15) is 0 Å². The van der Waals surface area contributed by atoms with Crippen molar-refractivity contribution in [3.63, 3.8) is 0 Å². The fourth-order valence-corrected chi connectivity index (χ4v) is 5.96. The molecule has 0 bridgehead atoms. The Morgan fingerprint density at radius 1 is 1.04 bits per heavy atom. The van der Waals surface area contributed by atoms with E-state index in [2.05, 4.69) is 25.6 Å². The largest absolute Gasteiger partial charge is 0.264 e. The Hall–Kier alpha value is -1.44. The maximum Gasteiger partial charge on any atom is 0.264 e. The third-order valence-electron chi connectivity index (χ3n) is 4.14. The molecule has 24 heavy (non-hydrogen) atoms. The molecule has 0 amide bonds. The molecule has 0 aliphatic heterocycles. The van der Waals surface area contributed by atoms with Gasteiger partial charge in [0.1, 0.15) is 0 Å². The van der Waals surface area contributed by atoms with Crippen molar-refractivity contribution in [2.24, 2.45) is 0 Å². The predicted molar refractivity (Wildman–Crippen MR) is 104 cm³/mol. The quantitative estimate of drug-likeness (QED) is 0.636. The molecule has 1 aromatic heterocycles. The van der Waals surface area contributed by atoms with Crippen LogP contribution >= 0.6 is 27.3 Å². The molecule has 0 unspecified atom stereocenters. The SMILES string of the molecule is Cc1cc(C)c(C)c(S(=O)(=O)Nc2nc3ccc(Br)cc3s2)c1C. The molecule has 0 saturated carbocycles. The first-order valence-electron chi connectivity index (χ1n) is 7.35. The molecule has 0 atom stereocenters. The van der Waals surface area contributed by atoms with Crippen LogP contribution in [0.15, 0.2) is 33.6 Å². The molecule has 3 aromatic rings. The first-order valence-corrected chi connectivity index (χ1v) is 10.4. The normalized spacial score (nSPS) is 11.9. The molecule has 0 radical (unpaired) electrons. The van der Waals surface area contributed by atoms with Crippen LogP contribution < -0.4 is 4.72 Å². The maximum absolute atomic E-state index is 12.9. The molecule has 1 heterocycles. The highest BCUT2D eigenvalue weighted by atomic mass is 79.9. The van der Waals surface area contributed by atoms with E-state index in [1.165, 1.54) is 11.3 Å². The molecule has 4 nitrogen and oxygen atoms in total. The number of benzene rings is 2. The Kier molecular flexibility index (Phi) is 4.44. The molecule has 0 aliphatic carbocycles. The second-order valence-electron chi connectivity index (χ2n) is 5.83. The lowest BCUT2D eigenvalue weighted by Gasteiger charge is -2.15. The minimum absolute atomic E-state index is 0.348. The lowest BCUT2D eigenvalue weighted by molar-refractivity contribution is 0.599. The van der Waals surface area contributed by atoms with Gasteiger partial charge in [0.2, 0.25) is 0 Å². The van der Waals surface area contributed by atoms with Crippen molar-refractivity contribution in [2.75, 3.05) is 4.72 Å². The summed E-state index contributed by atoms with van der Waals surface area (Å²) in [6.07, 6.45) is 0. The van der Waals surface area contributed by atoms with Crippen LogP contribution in [0.5, 0.6) is 0 Å². The first-order chi connectivity index (χ1) is 11.2. The van der Waals surface area contributed by atoms with Gasteiger partial charge < -0.3 is 0 Å². The topological polar surface area (TPSA) is 59.1 Å². The highest BCUT2D eigenvalue weighted by Crippen LogP contribution is 2.32. The molecule has 0 saturated heterocycles. The fraction of sp³-hybridized carbons (Fsp3) is 0.235. The second-order valence-corrected chi connectivity index (χ2v) is 9.39. The first kappa shape index (κ1) is 17.4. The van der Waals surface area contributed by atoms with Crippen molar-refractivity contribution < 1.29 is 8.42 Å². The Balaban J connectivity index is 2.08. The van der Waals surface area contributed by atoms with E-state index in [4.69, 9.17) is 0 Å². The highest BCUT2D eigenvalue weighted by molar-refractivity contribution is 9.10. The van der Waals surface area contributed by atoms with E-state index in [-0.39, 0.29) is 0 Å². The number of hydrogen-bond acceptors (Lipinski definition) is 4. The van der Waals surface area contributed by atoms with Crippen molar-refractivity contribution >= 4 is 52.6 Å². The molecule has 0 spiro atoms. The van der Waals surface area contributed by atoms with E-state index < -0.39 is 10.0 Å². The van der Waals surface area contributed by atoms with Gasteiger partial charge in [0.15, 0.2) is 5.13 Å². The summed E-state index contributed by atoms with van der Waals surface area (Å²) in [6.45, 7) is 7.53. The van der Waals surface area contributed by atoms with Crippen molar-refractivity contribution in [2.45, 2.75) is 32.6 Å². The van der Waals surface area contributed by atoms with E-state index in [0.29, 0.717) is 10.0 Å². The summed E-state index contributed by atoms with van der Waals surface area (Å²) in [5.41, 5.74) is 4.25. The van der Waals surface area contributed by atoms with Gasteiger partial charge in [-0.25, -0.2) is 13.4 Å². The summed E-state index contributed by atoms with van der Waals surface area (Å²) in [7, 11) is -3.69. The zero-order valence-electron chi connectivity index (χ0n) is 13.8. The molecule has 2 aromatic carbocycles. The van der Waals surface area contributed by atoms with Crippen molar-refractivity contribution in [3.05, 3.63) is 51.0 Å². The van der Waals surface area contributed by atoms with Gasteiger partial charge >= 0.3 is 0 Å². The molecule has 7 heteroatoms. The van der Waals surface area contributed by atoms with E-state index in [0.717, 1.165) is 36.9 Å². The molecule has 1 N–H and O–H groups in total. The number of thiazole rings is 1. The Bertz CT molecular complexity index is 1030. The average Bonchev–Trinajstić information content (AvgIpc) is 2.85. The summed E-state index contributed by atoms with van der Waals surface area (Å²) in [5, 5.41) is 0.376. The lowest BCUT2D eigenvalue weighted by Crippen LogP contribution is -2.16. The zero-order valence-corrected chi connectivity index (χ0v) is 17.0. The van der Waals surface area contributed by atoms with Gasteiger partial charge in [-0.3, -0.25) is 4.72 Å². The summed E-state index contributed by atoms with van der Waals surface area (Å²) in [6, 6.07) is 7.69. The summed E-state index contributed by atoms with van der Waals surface area (Å²) < 4.78 is 30.4. The van der Waals surface area contributed by atoms with E-state index in [1.807, 2.05) is 52.0 Å². The number of anilines is 1.